The second kappa shape index (κ2) is 8.35. The highest BCUT2D eigenvalue weighted by Crippen LogP contribution is 2.38. The van der Waals surface area contributed by atoms with E-state index in [4.69, 9.17) is 5.11 Å². The number of carbonyl (C=O) groups excluding carboxylic acids is 1. The molecule has 0 radical (unpaired) electrons. The Hall–Kier alpha value is -0.850. The molecule has 0 aromatic carbocycles. The predicted molar refractivity (Wildman–Crippen MR) is 83.7 cm³/mol. The van der Waals surface area contributed by atoms with E-state index in [1.807, 2.05) is 19.1 Å². The van der Waals surface area contributed by atoms with Crippen molar-refractivity contribution in [1.82, 2.24) is 10.6 Å². The molecule has 1 aliphatic rings. The molecule has 4 nitrogen and oxygen atoms in total. The number of aliphatic hydroxyl groups excluding tert-OH is 1. The fourth-order valence-corrected chi connectivity index (χ4v) is 4.17. The molecule has 0 bridgehead atoms. The summed E-state index contributed by atoms with van der Waals surface area (Å²) in [6.07, 6.45) is 5.46. The van der Waals surface area contributed by atoms with Gasteiger partial charge in [-0.15, -0.1) is 11.8 Å². The fraction of sp³-hybridized carbons (Fsp3) is 0.462. The zero-order chi connectivity index (χ0) is 14.3. The van der Waals surface area contributed by atoms with E-state index in [1.54, 1.807) is 36.6 Å². The molecule has 6 heteroatoms. The van der Waals surface area contributed by atoms with Crippen LogP contribution in [0, 0.1) is 0 Å². The number of hydrogen-bond donors (Lipinski definition) is 3. The lowest BCUT2D eigenvalue weighted by Gasteiger charge is -2.27. The summed E-state index contributed by atoms with van der Waals surface area (Å²) in [7, 11) is 1.76. The zero-order valence-electron chi connectivity index (χ0n) is 11.4. The van der Waals surface area contributed by atoms with Crippen LogP contribution in [0.1, 0.15) is 13.8 Å². The van der Waals surface area contributed by atoms with Gasteiger partial charge in [0, 0.05) is 7.05 Å². The SMILES string of the molecule is C/C=C(\C=C/CO)[C@@H]1NC(=O)C(NC)=C(SCC)S1. The van der Waals surface area contributed by atoms with Crippen LogP contribution in [0.4, 0.5) is 0 Å². The molecule has 0 aliphatic carbocycles. The summed E-state index contributed by atoms with van der Waals surface area (Å²) in [6, 6.07) is 0. The van der Waals surface area contributed by atoms with Crippen LogP contribution in [-0.4, -0.2) is 35.8 Å². The Labute approximate surface area is 122 Å². The molecule has 3 N–H and O–H groups in total. The van der Waals surface area contributed by atoms with Crippen molar-refractivity contribution in [2.45, 2.75) is 19.2 Å². The normalized spacial score (nSPS) is 20.9. The molecule has 0 spiro atoms. The van der Waals surface area contributed by atoms with Gasteiger partial charge >= 0.3 is 0 Å². The van der Waals surface area contributed by atoms with Crippen LogP contribution >= 0.6 is 23.5 Å². The van der Waals surface area contributed by atoms with Crippen molar-refractivity contribution in [3.8, 4) is 0 Å². The summed E-state index contributed by atoms with van der Waals surface area (Å²) in [4.78, 5) is 12.1. The molecule has 1 amide bonds. The lowest BCUT2D eigenvalue weighted by Crippen LogP contribution is -2.41. The van der Waals surface area contributed by atoms with Gasteiger partial charge in [-0.1, -0.05) is 36.9 Å². The number of rotatable bonds is 6. The van der Waals surface area contributed by atoms with Crippen molar-refractivity contribution < 1.29 is 9.90 Å². The number of carbonyl (C=O) groups is 1. The largest absolute Gasteiger partial charge is 0.392 e. The number of aliphatic hydroxyl groups is 1. The molecule has 1 atom stereocenters. The smallest absolute Gasteiger partial charge is 0.270 e. The number of hydrogen-bond acceptors (Lipinski definition) is 5. The maximum absolute atomic E-state index is 12.1. The first-order chi connectivity index (χ1) is 9.17. The first-order valence-corrected chi connectivity index (χ1v) is 8.00. The highest BCUT2D eigenvalue weighted by atomic mass is 32.2. The van der Waals surface area contributed by atoms with Crippen LogP contribution in [0.3, 0.4) is 0 Å². The van der Waals surface area contributed by atoms with Crippen molar-refractivity contribution >= 4 is 29.4 Å². The van der Waals surface area contributed by atoms with E-state index in [1.165, 1.54) is 0 Å². The van der Waals surface area contributed by atoms with Gasteiger partial charge in [0.15, 0.2) is 0 Å². The van der Waals surface area contributed by atoms with Crippen LogP contribution in [0.2, 0.25) is 0 Å². The molecule has 1 rings (SSSR count). The van der Waals surface area contributed by atoms with Crippen molar-refractivity contribution in [1.29, 1.82) is 0 Å². The van der Waals surface area contributed by atoms with Gasteiger partial charge in [0.2, 0.25) is 0 Å². The van der Waals surface area contributed by atoms with Gasteiger partial charge in [0.05, 0.1) is 10.8 Å². The third-order valence-corrected chi connectivity index (χ3v) is 4.94. The molecule has 1 aliphatic heterocycles. The summed E-state index contributed by atoms with van der Waals surface area (Å²) in [5.74, 6) is 0.837. The number of amides is 1. The molecule has 0 fully saturated rings. The maximum atomic E-state index is 12.1. The Kier molecular flexibility index (Phi) is 7.12. The van der Waals surface area contributed by atoms with E-state index in [0.717, 1.165) is 15.6 Å². The van der Waals surface area contributed by atoms with Gasteiger partial charge in [-0.25, -0.2) is 0 Å². The summed E-state index contributed by atoms with van der Waals surface area (Å²) < 4.78 is 1.01. The van der Waals surface area contributed by atoms with E-state index in [0.29, 0.717) is 5.70 Å². The molecule has 1 heterocycles. The van der Waals surface area contributed by atoms with Gasteiger partial charge in [-0.2, -0.15) is 0 Å². The minimum atomic E-state index is -0.105. The van der Waals surface area contributed by atoms with E-state index in [2.05, 4.69) is 17.6 Å². The number of nitrogens with one attached hydrogen (secondary N) is 2. The lowest BCUT2D eigenvalue weighted by molar-refractivity contribution is -0.117. The summed E-state index contributed by atoms with van der Waals surface area (Å²) in [5, 5.41) is 14.7. The first-order valence-electron chi connectivity index (χ1n) is 6.13. The van der Waals surface area contributed by atoms with Gasteiger partial charge in [0.25, 0.3) is 5.91 Å². The maximum Gasteiger partial charge on any atom is 0.270 e. The fourth-order valence-electron chi connectivity index (χ4n) is 1.61. The number of likely N-dealkylation sites (N-methyl/N-ethyl adjacent to an activating group) is 1. The summed E-state index contributed by atoms with van der Waals surface area (Å²) in [5.41, 5.74) is 1.62. The molecule has 106 valence electrons. The summed E-state index contributed by atoms with van der Waals surface area (Å²) in [6.45, 7) is 3.99. The Balaban J connectivity index is 2.95. The van der Waals surface area contributed by atoms with Gasteiger partial charge in [-0.05, 0) is 18.2 Å². The van der Waals surface area contributed by atoms with E-state index in [-0.39, 0.29) is 17.9 Å². The minimum absolute atomic E-state index is 0.00313. The lowest BCUT2D eigenvalue weighted by atomic mass is 10.2. The third-order valence-electron chi connectivity index (χ3n) is 2.50. The Morgan fingerprint density at radius 2 is 2.37 bits per heavy atom. The highest BCUT2D eigenvalue weighted by molar-refractivity contribution is 8.22. The molecular weight excluding hydrogens is 280 g/mol. The monoisotopic (exact) mass is 300 g/mol. The number of allylic oxidation sites excluding steroid dienone is 1. The molecule has 0 aromatic heterocycles. The average molecular weight is 300 g/mol. The standard InChI is InChI=1S/C13H20N2O2S2/c1-4-9(7-6-8-16)12-15-11(17)10(14-3)13(19-12)18-5-2/h4,6-7,12,14,16H,5,8H2,1-3H3,(H,15,17)/b7-6-,9-4+/t12-/m1/s1. The third kappa shape index (κ3) is 4.33. The molecular formula is C13H20N2O2S2. The second-order valence-electron chi connectivity index (χ2n) is 3.69. The molecule has 0 unspecified atom stereocenters. The Morgan fingerprint density at radius 1 is 1.63 bits per heavy atom. The zero-order valence-corrected chi connectivity index (χ0v) is 13.0. The van der Waals surface area contributed by atoms with Crippen LogP contribution in [-0.2, 0) is 4.79 Å². The van der Waals surface area contributed by atoms with Crippen LogP contribution in [0.15, 0.2) is 33.7 Å². The summed E-state index contributed by atoms with van der Waals surface area (Å²) >= 11 is 3.29. The van der Waals surface area contributed by atoms with Gasteiger partial charge in [0.1, 0.15) is 11.1 Å². The van der Waals surface area contributed by atoms with Crippen molar-refractivity contribution in [2.75, 3.05) is 19.4 Å². The van der Waals surface area contributed by atoms with Crippen molar-refractivity contribution in [3.05, 3.63) is 33.7 Å². The van der Waals surface area contributed by atoms with Crippen LogP contribution < -0.4 is 10.6 Å². The number of thioether (sulfide) groups is 2. The quantitative estimate of drug-likeness (QED) is 0.653. The predicted octanol–water partition coefficient (Wildman–Crippen LogP) is 1.81. The molecule has 0 saturated carbocycles. The van der Waals surface area contributed by atoms with Crippen molar-refractivity contribution in [3.63, 3.8) is 0 Å². The molecule has 0 saturated heterocycles. The topological polar surface area (TPSA) is 61.4 Å². The van der Waals surface area contributed by atoms with E-state index >= 15 is 0 Å². The van der Waals surface area contributed by atoms with E-state index < -0.39 is 0 Å². The Bertz CT molecular complexity index is 417. The first kappa shape index (κ1) is 16.2. The molecule has 19 heavy (non-hydrogen) atoms. The van der Waals surface area contributed by atoms with Gasteiger partial charge < -0.3 is 15.7 Å². The van der Waals surface area contributed by atoms with Crippen LogP contribution in [0.25, 0.3) is 0 Å². The van der Waals surface area contributed by atoms with Gasteiger partial charge in [-0.3, -0.25) is 4.79 Å². The van der Waals surface area contributed by atoms with Crippen molar-refractivity contribution in [2.24, 2.45) is 0 Å². The minimum Gasteiger partial charge on any atom is -0.392 e. The Morgan fingerprint density at radius 3 is 2.89 bits per heavy atom. The van der Waals surface area contributed by atoms with E-state index in [9.17, 15) is 4.79 Å². The average Bonchev–Trinajstić information content (AvgIpc) is 2.40. The second-order valence-corrected chi connectivity index (χ2v) is 6.34. The highest BCUT2D eigenvalue weighted by Gasteiger charge is 2.28. The van der Waals surface area contributed by atoms with Crippen LogP contribution in [0.5, 0.6) is 0 Å². The molecule has 0 aromatic rings.